The number of rotatable bonds is 8. The molecule has 2 rings (SSSR count). The number of alkyl halides is 1. The van der Waals surface area contributed by atoms with Crippen molar-refractivity contribution in [1.82, 2.24) is 9.80 Å². The van der Waals surface area contributed by atoms with Crippen LogP contribution >= 0.6 is 0 Å². The quantitative estimate of drug-likeness (QED) is 0.287. The molecule has 0 radical (unpaired) electrons. The summed E-state index contributed by atoms with van der Waals surface area (Å²) in [5.41, 5.74) is -2.27. The zero-order valence-corrected chi connectivity index (χ0v) is 15.1. The number of esters is 1. The maximum absolute atomic E-state index is 12.4. The Bertz CT molecular complexity index is 741. The first-order valence-electron chi connectivity index (χ1n) is 8.30. The van der Waals surface area contributed by atoms with Gasteiger partial charge in [0.1, 0.15) is 19.8 Å². The van der Waals surface area contributed by atoms with Gasteiger partial charge >= 0.3 is 18.0 Å². The number of carbonyl (C=O) groups excluding carboxylic acids is 3. The number of hydrogen-bond acceptors (Lipinski definition) is 5. The molecule has 1 N–H and O–H groups in total. The van der Waals surface area contributed by atoms with Crippen molar-refractivity contribution in [2.45, 2.75) is 13.8 Å². The Kier molecular flexibility index (Phi) is 5.59. The number of carboxylic acids is 1. The average Bonchev–Trinajstić information content (AvgIpc) is 2.96. The van der Waals surface area contributed by atoms with Gasteiger partial charge in [-0.05, 0) is 5.41 Å². The summed E-state index contributed by atoms with van der Waals surface area (Å²) in [4.78, 5) is 50.1. The van der Waals surface area contributed by atoms with Crippen LogP contribution in [0.5, 0.6) is 0 Å². The summed E-state index contributed by atoms with van der Waals surface area (Å²) in [7, 11) is 0. The van der Waals surface area contributed by atoms with Crippen molar-refractivity contribution in [3.63, 3.8) is 0 Å². The molecular formula is C18H21FN2O6. The van der Waals surface area contributed by atoms with Gasteiger partial charge in [-0.1, -0.05) is 25.8 Å². The molecule has 2 atom stereocenters. The standard InChI is InChI=1S/C18H21FN2O6/c1-4-8-20-10-13(22)21(16(20)26)11-18(15(24)25)12(17(18,2)3)5-6-14(23)27-9-7-19/h1,5-6,12H,7-11H2,2-3H3,(H,24,25)/b6-5-/t12-,18+/m1/s1. The van der Waals surface area contributed by atoms with Crippen LogP contribution in [0.3, 0.4) is 0 Å². The zero-order valence-electron chi connectivity index (χ0n) is 15.1. The molecule has 2 aliphatic rings. The largest absolute Gasteiger partial charge is 0.481 e. The highest BCUT2D eigenvalue weighted by atomic mass is 19.1. The van der Waals surface area contributed by atoms with Gasteiger partial charge in [0.05, 0.1) is 12.0 Å². The predicted octanol–water partition coefficient (Wildman–Crippen LogP) is 0.680. The SMILES string of the molecule is C#CCN1CC(=O)N(C[C@@]2(C(=O)O)[C@H](/C=C\C(=O)OCCF)C2(C)C)C1=O. The fourth-order valence-corrected chi connectivity index (χ4v) is 3.67. The van der Waals surface area contributed by atoms with Crippen LogP contribution in [0.1, 0.15) is 13.8 Å². The average molecular weight is 380 g/mol. The van der Waals surface area contributed by atoms with E-state index in [1.54, 1.807) is 13.8 Å². The molecule has 146 valence electrons. The van der Waals surface area contributed by atoms with Crippen LogP contribution in [0.4, 0.5) is 9.18 Å². The molecule has 0 aromatic carbocycles. The van der Waals surface area contributed by atoms with Crippen LogP contribution in [-0.2, 0) is 19.1 Å². The predicted molar refractivity (Wildman–Crippen MR) is 90.9 cm³/mol. The molecule has 0 aromatic heterocycles. The molecule has 2 fully saturated rings. The summed E-state index contributed by atoms with van der Waals surface area (Å²) >= 11 is 0. The van der Waals surface area contributed by atoms with Gasteiger partial charge in [0.15, 0.2) is 0 Å². The van der Waals surface area contributed by atoms with Crippen molar-refractivity contribution in [3.8, 4) is 12.3 Å². The van der Waals surface area contributed by atoms with Gasteiger partial charge in [0.25, 0.3) is 0 Å². The van der Waals surface area contributed by atoms with E-state index in [0.717, 1.165) is 15.9 Å². The third-order valence-corrected chi connectivity index (χ3v) is 5.32. The number of urea groups is 1. The number of halogens is 1. The second-order valence-electron chi connectivity index (χ2n) is 7.01. The van der Waals surface area contributed by atoms with Crippen molar-refractivity contribution in [2.24, 2.45) is 16.7 Å². The van der Waals surface area contributed by atoms with Crippen molar-refractivity contribution < 1.29 is 33.4 Å². The molecule has 0 unspecified atom stereocenters. The van der Waals surface area contributed by atoms with E-state index in [4.69, 9.17) is 6.42 Å². The number of aliphatic carboxylic acids is 1. The van der Waals surface area contributed by atoms with Crippen LogP contribution in [0.2, 0.25) is 0 Å². The maximum Gasteiger partial charge on any atom is 0.330 e. The molecule has 3 amide bonds. The molecule has 9 heteroatoms. The van der Waals surface area contributed by atoms with Gasteiger partial charge in [-0.25, -0.2) is 14.0 Å². The van der Waals surface area contributed by atoms with Gasteiger partial charge in [-0.15, -0.1) is 6.42 Å². The van der Waals surface area contributed by atoms with Crippen LogP contribution < -0.4 is 0 Å². The number of ether oxygens (including phenoxy) is 1. The number of terminal acetylenes is 1. The summed E-state index contributed by atoms with van der Waals surface area (Å²) < 4.78 is 16.6. The van der Waals surface area contributed by atoms with Crippen LogP contribution in [0.15, 0.2) is 12.2 Å². The number of hydrogen-bond donors (Lipinski definition) is 1. The van der Waals surface area contributed by atoms with Gasteiger partial charge in [0, 0.05) is 18.5 Å². The highest BCUT2D eigenvalue weighted by molar-refractivity contribution is 6.03. The summed E-state index contributed by atoms with van der Waals surface area (Å²) in [5.74, 6) is -0.843. The van der Waals surface area contributed by atoms with Gasteiger partial charge < -0.3 is 14.7 Å². The molecule has 1 aliphatic carbocycles. The number of carboxylic acid groups (broad SMARTS) is 1. The molecule has 1 saturated heterocycles. The smallest absolute Gasteiger partial charge is 0.330 e. The van der Waals surface area contributed by atoms with Crippen LogP contribution in [0, 0.1) is 29.1 Å². The zero-order chi connectivity index (χ0) is 20.4. The summed E-state index contributed by atoms with van der Waals surface area (Å²) in [6, 6.07) is -0.633. The van der Waals surface area contributed by atoms with Crippen molar-refractivity contribution in [1.29, 1.82) is 0 Å². The van der Waals surface area contributed by atoms with E-state index in [1.165, 1.54) is 6.08 Å². The van der Waals surface area contributed by atoms with E-state index in [1.807, 2.05) is 0 Å². The molecule has 1 saturated carbocycles. The van der Waals surface area contributed by atoms with Crippen LogP contribution in [0.25, 0.3) is 0 Å². The Hall–Kier alpha value is -2.89. The first-order valence-corrected chi connectivity index (χ1v) is 8.30. The molecule has 0 aromatic rings. The minimum absolute atomic E-state index is 0.0473. The lowest BCUT2D eigenvalue weighted by Gasteiger charge is -2.22. The number of carbonyl (C=O) groups is 4. The van der Waals surface area contributed by atoms with Gasteiger partial charge in [0.2, 0.25) is 5.91 Å². The van der Waals surface area contributed by atoms with Crippen molar-refractivity contribution in [3.05, 3.63) is 12.2 Å². The van der Waals surface area contributed by atoms with E-state index >= 15 is 0 Å². The Morgan fingerprint density at radius 1 is 1.44 bits per heavy atom. The molecule has 1 heterocycles. The maximum atomic E-state index is 12.4. The minimum Gasteiger partial charge on any atom is -0.481 e. The fraction of sp³-hybridized carbons (Fsp3) is 0.556. The third kappa shape index (κ3) is 3.39. The topological polar surface area (TPSA) is 104 Å². The molecule has 1 aliphatic heterocycles. The lowest BCUT2D eigenvalue weighted by atomic mass is 9.95. The minimum atomic E-state index is -1.44. The molecule has 0 bridgehead atoms. The second-order valence-corrected chi connectivity index (χ2v) is 7.01. The summed E-state index contributed by atoms with van der Waals surface area (Å²) in [6.45, 7) is 1.57. The second kappa shape index (κ2) is 7.39. The van der Waals surface area contributed by atoms with Crippen molar-refractivity contribution >= 4 is 23.9 Å². The lowest BCUT2D eigenvalue weighted by Crippen LogP contribution is -2.42. The Balaban J connectivity index is 2.21. The first kappa shape index (κ1) is 20.4. The molecule has 27 heavy (non-hydrogen) atoms. The number of nitrogens with zero attached hydrogens (tertiary/aromatic N) is 2. The van der Waals surface area contributed by atoms with E-state index in [9.17, 15) is 28.7 Å². The number of amides is 3. The summed E-state index contributed by atoms with van der Waals surface area (Å²) in [6.07, 6.45) is 7.59. The molecule has 8 nitrogen and oxygen atoms in total. The van der Waals surface area contributed by atoms with E-state index < -0.39 is 47.3 Å². The Morgan fingerprint density at radius 2 is 2.11 bits per heavy atom. The monoisotopic (exact) mass is 380 g/mol. The third-order valence-electron chi connectivity index (χ3n) is 5.32. The van der Waals surface area contributed by atoms with Gasteiger partial charge in [-0.3, -0.25) is 14.5 Å². The number of allylic oxidation sites excluding steroid dienone is 1. The summed E-state index contributed by atoms with van der Waals surface area (Å²) in [5, 5.41) is 9.82. The molecule has 0 spiro atoms. The highest BCUT2D eigenvalue weighted by Gasteiger charge is 2.75. The van der Waals surface area contributed by atoms with E-state index in [2.05, 4.69) is 10.7 Å². The van der Waals surface area contributed by atoms with Crippen LogP contribution in [-0.4, -0.2) is 71.7 Å². The van der Waals surface area contributed by atoms with Gasteiger partial charge in [-0.2, -0.15) is 0 Å². The van der Waals surface area contributed by atoms with E-state index in [0.29, 0.717) is 0 Å². The fourth-order valence-electron chi connectivity index (χ4n) is 3.67. The Labute approximate surface area is 155 Å². The Morgan fingerprint density at radius 3 is 2.67 bits per heavy atom. The molecular weight excluding hydrogens is 359 g/mol. The highest BCUT2D eigenvalue weighted by Crippen LogP contribution is 2.70. The normalized spacial score (nSPS) is 26.4. The first-order chi connectivity index (χ1) is 12.6. The number of imide groups is 1. The van der Waals surface area contributed by atoms with Crippen molar-refractivity contribution in [2.75, 3.05) is 32.9 Å². The lowest BCUT2D eigenvalue weighted by molar-refractivity contribution is -0.146. The van der Waals surface area contributed by atoms with E-state index in [-0.39, 0.29) is 26.2 Å².